The van der Waals surface area contributed by atoms with Crippen LogP contribution in [0.4, 0.5) is 0 Å². The van der Waals surface area contributed by atoms with Crippen LogP contribution in [-0.4, -0.2) is 34.2 Å². The molecular formula is C19H26O6. The van der Waals surface area contributed by atoms with Crippen molar-refractivity contribution in [1.82, 2.24) is 0 Å². The Morgan fingerprint density at radius 2 is 1.16 bits per heavy atom. The van der Waals surface area contributed by atoms with Crippen LogP contribution in [0.1, 0.15) is 63.0 Å². The Morgan fingerprint density at radius 3 is 1.44 bits per heavy atom. The monoisotopic (exact) mass is 350 g/mol. The van der Waals surface area contributed by atoms with Gasteiger partial charge in [-0.05, 0) is 64.8 Å². The van der Waals surface area contributed by atoms with Crippen LogP contribution in [0.2, 0.25) is 0 Å². The van der Waals surface area contributed by atoms with E-state index in [0.717, 1.165) is 0 Å². The van der Waals surface area contributed by atoms with E-state index in [-0.39, 0.29) is 18.4 Å². The normalized spacial score (nSPS) is 11.8. The van der Waals surface area contributed by atoms with Gasteiger partial charge in [0, 0.05) is 0 Å². The van der Waals surface area contributed by atoms with Crippen LogP contribution in [0.3, 0.4) is 0 Å². The summed E-state index contributed by atoms with van der Waals surface area (Å²) < 4.78 is 10.5. The summed E-state index contributed by atoms with van der Waals surface area (Å²) in [6.07, 6.45) is -0.139. The van der Waals surface area contributed by atoms with E-state index in [1.165, 1.54) is 12.1 Å². The third-order valence-electron chi connectivity index (χ3n) is 2.84. The molecule has 1 rings (SSSR count). The Hall–Kier alpha value is -2.37. The van der Waals surface area contributed by atoms with Gasteiger partial charge in [-0.15, -0.1) is 0 Å². The molecule has 0 aliphatic carbocycles. The van der Waals surface area contributed by atoms with Crippen molar-refractivity contribution in [1.29, 1.82) is 0 Å². The maximum Gasteiger partial charge on any atom is 0.335 e. The van der Waals surface area contributed by atoms with Gasteiger partial charge in [0.15, 0.2) is 0 Å². The van der Waals surface area contributed by atoms with Crippen molar-refractivity contribution in [2.24, 2.45) is 0 Å². The fraction of sp³-hybridized carbons (Fsp3) is 0.526. The smallest absolute Gasteiger partial charge is 0.335 e. The molecule has 1 aromatic rings. The SMILES string of the molecule is CC(C)(C)OC(=O)Cc1cc(CC(=O)OC(C)(C)C)cc(C(=O)O)c1. The summed E-state index contributed by atoms with van der Waals surface area (Å²) in [5.74, 6) is -2.05. The lowest BCUT2D eigenvalue weighted by Crippen LogP contribution is -2.25. The number of rotatable bonds is 5. The van der Waals surface area contributed by atoms with Gasteiger partial charge in [0.1, 0.15) is 11.2 Å². The average Bonchev–Trinajstić information content (AvgIpc) is 2.32. The molecule has 25 heavy (non-hydrogen) atoms. The fourth-order valence-corrected chi connectivity index (χ4v) is 2.18. The van der Waals surface area contributed by atoms with Crippen molar-refractivity contribution in [3.63, 3.8) is 0 Å². The number of hydrogen-bond donors (Lipinski definition) is 1. The maximum absolute atomic E-state index is 12.0. The van der Waals surface area contributed by atoms with Crippen LogP contribution in [0.25, 0.3) is 0 Å². The molecule has 0 fully saturated rings. The number of carboxylic acids is 1. The highest BCUT2D eigenvalue weighted by molar-refractivity contribution is 5.89. The summed E-state index contributed by atoms with van der Waals surface area (Å²) in [6.45, 7) is 10.5. The van der Waals surface area contributed by atoms with Crippen LogP contribution in [0.5, 0.6) is 0 Å². The Kier molecular flexibility index (Phi) is 6.35. The topological polar surface area (TPSA) is 89.9 Å². The van der Waals surface area contributed by atoms with Gasteiger partial charge in [-0.3, -0.25) is 9.59 Å². The van der Waals surface area contributed by atoms with Crippen LogP contribution >= 0.6 is 0 Å². The van der Waals surface area contributed by atoms with E-state index in [4.69, 9.17) is 9.47 Å². The first-order chi connectivity index (χ1) is 11.2. The van der Waals surface area contributed by atoms with Crippen molar-refractivity contribution >= 4 is 17.9 Å². The minimum absolute atomic E-state index is 0.0135. The van der Waals surface area contributed by atoms with Gasteiger partial charge in [-0.1, -0.05) is 6.07 Å². The zero-order valence-corrected chi connectivity index (χ0v) is 15.6. The lowest BCUT2D eigenvalue weighted by Gasteiger charge is -2.20. The molecule has 0 aliphatic heterocycles. The third kappa shape index (κ3) is 8.33. The summed E-state index contributed by atoms with van der Waals surface area (Å²) in [6, 6.07) is 4.44. The second-order valence-electron chi connectivity index (χ2n) is 7.87. The first-order valence-electron chi connectivity index (χ1n) is 8.05. The Bertz CT molecular complexity index is 613. The summed E-state index contributed by atoms with van der Waals surface area (Å²) in [5.41, 5.74) is -0.276. The van der Waals surface area contributed by atoms with Gasteiger partial charge in [-0.25, -0.2) is 4.79 Å². The number of ether oxygens (including phenoxy) is 2. The molecule has 0 saturated carbocycles. The summed E-state index contributed by atoms with van der Waals surface area (Å²) in [5, 5.41) is 9.24. The number of carbonyl (C=O) groups is 3. The molecule has 6 heteroatoms. The summed E-state index contributed by atoms with van der Waals surface area (Å²) in [4.78, 5) is 35.2. The third-order valence-corrected chi connectivity index (χ3v) is 2.84. The van der Waals surface area contributed by atoms with Gasteiger partial charge in [0.05, 0.1) is 18.4 Å². The molecule has 0 aromatic heterocycles. The van der Waals surface area contributed by atoms with Gasteiger partial charge in [0.25, 0.3) is 0 Å². The fourth-order valence-electron chi connectivity index (χ4n) is 2.18. The van der Waals surface area contributed by atoms with Gasteiger partial charge < -0.3 is 14.6 Å². The molecule has 0 atom stereocenters. The number of carboxylic acid groups (broad SMARTS) is 1. The van der Waals surface area contributed by atoms with E-state index < -0.39 is 29.1 Å². The zero-order valence-electron chi connectivity index (χ0n) is 15.6. The molecule has 0 unspecified atom stereocenters. The largest absolute Gasteiger partial charge is 0.478 e. The minimum atomic E-state index is -1.13. The second-order valence-corrected chi connectivity index (χ2v) is 7.87. The van der Waals surface area contributed by atoms with E-state index in [1.54, 1.807) is 47.6 Å². The van der Waals surface area contributed by atoms with Gasteiger partial charge >= 0.3 is 17.9 Å². The van der Waals surface area contributed by atoms with E-state index in [1.807, 2.05) is 0 Å². The van der Waals surface area contributed by atoms with Crippen LogP contribution < -0.4 is 0 Å². The Morgan fingerprint density at radius 1 is 0.800 bits per heavy atom. The number of benzene rings is 1. The number of aromatic carboxylic acids is 1. The first-order valence-corrected chi connectivity index (χ1v) is 8.05. The Balaban J connectivity index is 2.99. The highest BCUT2D eigenvalue weighted by Crippen LogP contribution is 2.16. The molecule has 0 bridgehead atoms. The highest BCUT2D eigenvalue weighted by atomic mass is 16.6. The summed E-state index contributed by atoms with van der Waals surface area (Å²) in [7, 11) is 0. The van der Waals surface area contributed by atoms with Crippen molar-refractivity contribution in [3.8, 4) is 0 Å². The van der Waals surface area contributed by atoms with Crippen molar-refractivity contribution in [2.75, 3.05) is 0 Å². The molecule has 6 nitrogen and oxygen atoms in total. The van der Waals surface area contributed by atoms with Crippen molar-refractivity contribution < 1.29 is 29.0 Å². The Labute approximate surface area is 148 Å². The molecule has 138 valence electrons. The molecular weight excluding hydrogens is 324 g/mol. The number of hydrogen-bond acceptors (Lipinski definition) is 5. The molecule has 0 spiro atoms. The molecule has 1 N–H and O–H groups in total. The quantitative estimate of drug-likeness (QED) is 0.821. The molecule has 0 aliphatic rings. The molecule has 1 aromatic carbocycles. The number of esters is 2. The predicted octanol–water partition coefficient (Wildman–Crippen LogP) is 3.15. The van der Waals surface area contributed by atoms with Crippen molar-refractivity contribution in [3.05, 3.63) is 34.9 Å². The van der Waals surface area contributed by atoms with Gasteiger partial charge in [-0.2, -0.15) is 0 Å². The standard InChI is InChI=1S/C19H26O6/c1-18(2,3)24-15(20)10-12-7-13(9-14(8-12)17(22)23)11-16(21)25-19(4,5)6/h7-9H,10-11H2,1-6H3,(H,22,23). The summed E-state index contributed by atoms with van der Waals surface area (Å²) >= 11 is 0. The number of carbonyl (C=O) groups excluding carboxylic acids is 2. The lowest BCUT2D eigenvalue weighted by molar-refractivity contribution is -0.154. The minimum Gasteiger partial charge on any atom is -0.478 e. The molecule has 0 amide bonds. The van der Waals surface area contributed by atoms with E-state index >= 15 is 0 Å². The predicted molar refractivity (Wildman–Crippen MR) is 92.5 cm³/mol. The molecule has 0 radical (unpaired) electrons. The van der Waals surface area contributed by atoms with Crippen LogP contribution in [0, 0.1) is 0 Å². The molecule has 0 saturated heterocycles. The van der Waals surface area contributed by atoms with E-state index in [0.29, 0.717) is 11.1 Å². The first kappa shape index (κ1) is 20.7. The lowest BCUT2D eigenvalue weighted by atomic mass is 10.0. The average molecular weight is 350 g/mol. The second kappa shape index (κ2) is 7.68. The molecule has 0 heterocycles. The highest BCUT2D eigenvalue weighted by Gasteiger charge is 2.20. The zero-order chi connectivity index (χ0) is 19.4. The maximum atomic E-state index is 12.0. The van der Waals surface area contributed by atoms with Gasteiger partial charge in [0.2, 0.25) is 0 Å². The van der Waals surface area contributed by atoms with Crippen molar-refractivity contribution in [2.45, 2.75) is 65.6 Å². The van der Waals surface area contributed by atoms with Crippen LogP contribution in [0.15, 0.2) is 18.2 Å². The van der Waals surface area contributed by atoms with E-state index in [2.05, 4.69) is 0 Å². The van der Waals surface area contributed by atoms with Crippen LogP contribution in [-0.2, 0) is 31.9 Å². The van der Waals surface area contributed by atoms with E-state index in [9.17, 15) is 19.5 Å².